The highest BCUT2D eigenvalue weighted by Gasteiger charge is 2.35. The summed E-state index contributed by atoms with van der Waals surface area (Å²) in [5, 5.41) is 3.99. The van der Waals surface area contributed by atoms with Gasteiger partial charge in [0.05, 0.1) is 12.2 Å². The second-order valence-electron chi connectivity index (χ2n) is 11.3. The molecule has 2 heterocycles. The van der Waals surface area contributed by atoms with E-state index in [1.807, 2.05) is 36.1 Å². The Morgan fingerprint density at radius 3 is 2.52 bits per heavy atom. The fourth-order valence-corrected chi connectivity index (χ4v) is 4.83. The van der Waals surface area contributed by atoms with E-state index >= 15 is 0 Å². The van der Waals surface area contributed by atoms with Gasteiger partial charge >= 0.3 is 12.3 Å². The quantitative estimate of drug-likeness (QED) is 0.196. The van der Waals surface area contributed by atoms with Crippen LogP contribution >= 0.6 is 0 Å². The number of aryl methyl sites for hydroxylation is 2. The molecular weight excluding hydrogens is 549 g/mol. The molecule has 1 aliphatic rings. The van der Waals surface area contributed by atoms with Crippen LogP contribution in [0, 0.1) is 0 Å². The van der Waals surface area contributed by atoms with Gasteiger partial charge in [0, 0.05) is 12.1 Å². The molecule has 3 aromatic rings. The van der Waals surface area contributed by atoms with Crippen molar-refractivity contribution < 1.29 is 32.0 Å². The first-order valence-corrected chi connectivity index (χ1v) is 14.1. The highest BCUT2D eigenvalue weighted by Crippen LogP contribution is 2.36. The van der Waals surface area contributed by atoms with Gasteiger partial charge in [0.15, 0.2) is 0 Å². The Bertz CT molecular complexity index is 1390. The monoisotopic (exact) mass is 586 g/mol. The Morgan fingerprint density at radius 1 is 1.12 bits per heavy atom. The molecule has 0 bridgehead atoms. The Kier molecular flexibility index (Phi) is 9.58. The third-order valence-electron chi connectivity index (χ3n) is 6.79. The van der Waals surface area contributed by atoms with Crippen molar-refractivity contribution in [1.29, 1.82) is 0 Å². The van der Waals surface area contributed by atoms with E-state index in [0.717, 1.165) is 30.2 Å². The molecule has 1 atom stereocenters. The van der Waals surface area contributed by atoms with E-state index < -0.39 is 23.4 Å². The lowest BCUT2D eigenvalue weighted by Crippen LogP contribution is -2.30. The molecule has 0 N–H and O–H groups in total. The lowest BCUT2D eigenvalue weighted by molar-refractivity contribution is -0.138. The summed E-state index contributed by atoms with van der Waals surface area (Å²) in [7, 11) is 0. The zero-order valence-corrected chi connectivity index (χ0v) is 24.6. The molecule has 1 aliphatic heterocycles. The summed E-state index contributed by atoms with van der Waals surface area (Å²) >= 11 is 0. The first-order valence-electron chi connectivity index (χ1n) is 14.1. The average molecular weight is 587 g/mol. The van der Waals surface area contributed by atoms with Crippen LogP contribution in [0.3, 0.4) is 0 Å². The third-order valence-corrected chi connectivity index (χ3v) is 6.79. The summed E-state index contributed by atoms with van der Waals surface area (Å²) in [6.07, 6.45) is -2.22. The second kappa shape index (κ2) is 13.0. The van der Waals surface area contributed by atoms with Gasteiger partial charge in [-0.25, -0.2) is 4.79 Å². The molecular formula is C31H37F3N4O4. The number of alkyl halides is 3. The van der Waals surface area contributed by atoms with Gasteiger partial charge in [-0.05, 0) is 89.1 Å². The summed E-state index contributed by atoms with van der Waals surface area (Å²) in [4.78, 5) is 22.5. The highest BCUT2D eigenvalue weighted by molar-refractivity contribution is 5.90. The number of amidine groups is 1. The molecule has 8 nitrogen and oxygen atoms in total. The Labute approximate surface area is 243 Å². The molecule has 2 aromatic carbocycles. The van der Waals surface area contributed by atoms with E-state index in [0.29, 0.717) is 31.8 Å². The largest absolute Gasteiger partial charge is 0.494 e. The molecule has 1 aromatic heterocycles. The van der Waals surface area contributed by atoms with Crippen LogP contribution in [-0.2, 0) is 23.8 Å². The number of nitrogens with zero attached hydrogens (tertiary/aromatic N) is 4. The molecule has 0 aliphatic carbocycles. The van der Waals surface area contributed by atoms with Crippen LogP contribution in [0.5, 0.6) is 5.75 Å². The van der Waals surface area contributed by atoms with Crippen molar-refractivity contribution >= 4 is 11.9 Å². The van der Waals surface area contributed by atoms with Crippen molar-refractivity contribution in [3.8, 4) is 17.1 Å². The van der Waals surface area contributed by atoms with Crippen molar-refractivity contribution in [3.63, 3.8) is 0 Å². The van der Waals surface area contributed by atoms with Crippen molar-refractivity contribution in [2.75, 3.05) is 13.2 Å². The fraction of sp³-hybridized carbons (Fsp3) is 0.484. The number of halogens is 3. The number of amides is 1. The van der Waals surface area contributed by atoms with Crippen molar-refractivity contribution in [1.82, 2.24) is 15.0 Å². The van der Waals surface area contributed by atoms with E-state index in [-0.39, 0.29) is 35.3 Å². The summed E-state index contributed by atoms with van der Waals surface area (Å²) in [6, 6.07) is 11.2. The molecule has 4 rings (SSSR count). The number of carbonyl (C=O) groups is 1. The SMILES string of the molecule is CCCOc1ccc(CCc2ccc(-c3noc([C@@H]4CCCN4C(C)=NC(=O)OC(C)(C)C)n3)cc2C(F)(F)F)cc1. The molecule has 0 radical (unpaired) electrons. The van der Waals surface area contributed by atoms with Crippen LogP contribution in [0.1, 0.15) is 82.5 Å². The van der Waals surface area contributed by atoms with Crippen LogP contribution in [-0.4, -0.2) is 45.7 Å². The van der Waals surface area contributed by atoms with Crippen LogP contribution in [0.2, 0.25) is 0 Å². The maximum Gasteiger partial charge on any atom is 0.435 e. The van der Waals surface area contributed by atoms with E-state index in [2.05, 4.69) is 15.1 Å². The van der Waals surface area contributed by atoms with E-state index in [9.17, 15) is 18.0 Å². The minimum atomic E-state index is -4.55. The minimum Gasteiger partial charge on any atom is -0.494 e. The number of hydrogen-bond acceptors (Lipinski definition) is 6. The van der Waals surface area contributed by atoms with Gasteiger partial charge in [-0.3, -0.25) is 0 Å². The topological polar surface area (TPSA) is 90.1 Å². The first-order chi connectivity index (χ1) is 19.8. The van der Waals surface area contributed by atoms with Crippen LogP contribution in [0.15, 0.2) is 52.0 Å². The van der Waals surface area contributed by atoms with Crippen molar-refractivity contribution in [2.24, 2.45) is 4.99 Å². The Hall–Kier alpha value is -3.89. The summed E-state index contributed by atoms with van der Waals surface area (Å²) in [5.74, 6) is 1.51. The number of ether oxygens (including phenoxy) is 2. The number of benzene rings is 2. The van der Waals surface area contributed by atoms with Crippen LogP contribution in [0.4, 0.5) is 18.0 Å². The standard InChI is InChI=1S/C31H37F3N4O4/c1-6-18-40-24-15-10-21(11-16-24)9-12-22-13-14-23(19-25(22)31(32,33)34)27-36-28(42-37-27)26-8-7-17-38(26)20(2)35-29(39)41-30(3,4)5/h10-11,13-16,19,26H,6-9,12,17-18H2,1-5H3/t26-/m0/s1. The van der Waals surface area contributed by atoms with Gasteiger partial charge in [-0.1, -0.05) is 36.3 Å². The molecule has 0 saturated carbocycles. The van der Waals surface area contributed by atoms with Gasteiger partial charge in [-0.15, -0.1) is 0 Å². The van der Waals surface area contributed by atoms with Crippen LogP contribution in [0.25, 0.3) is 11.4 Å². The zero-order chi connectivity index (χ0) is 30.5. The van der Waals surface area contributed by atoms with E-state index in [4.69, 9.17) is 14.0 Å². The number of carbonyl (C=O) groups excluding carboxylic acids is 1. The normalized spacial score (nSPS) is 16.1. The maximum atomic E-state index is 14.1. The molecule has 1 fully saturated rings. The van der Waals surface area contributed by atoms with Gasteiger partial charge < -0.3 is 18.9 Å². The average Bonchev–Trinajstić information content (AvgIpc) is 3.60. The highest BCUT2D eigenvalue weighted by atomic mass is 19.4. The number of hydrogen-bond donors (Lipinski definition) is 0. The maximum absolute atomic E-state index is 14.1. The summed E-state index contributed by atoms with van der Waals surface area (Å²) in [6.45, 7) is 10.2. The van der Waals surface area contributed by atoms with Crippen molar-refractivity contribution in [3.05, 3.63) is 65.0 Å². The van der Waals surface area contributed by atoms with Gasteiger partial charge in [0.2, 0.25) is 11.7 Å². The first kappa shape index (κ1) is 31.1. The molecule has 0 unspecified atom stereocenters. The van der Waals surface area contributed by atoms with Crippen LogP contribution < -0.4 is 4.74 Å². The third kappa shape index (κ3) is 8.10. The van der Waals surface area contributed by atoms with E-state index in [1.54, 1.807) is 33.8 Å². The summed E-state index contributed by atoms with van der Waals surface area (Å²) < 4.78 is 58.7. The summed E-state index contributed by atoms with van der Waals surface area (Å²) in [5.41, 5.74) is -0.0751. The minimum absolute atomic E-state index is 0.0679. The predicted molar refractivity (Wildman–Crippen MR) is 152 cm³/mol. The van der Waals surface area contributed by atoms with Crippen molar-refractivity contribution in [2.45, 2.75) is 84.5 Å². The molecule has 11 heteroatoms. The fourth-order valence-electron chi connectivity index (χ4n) is 4.83. The van der Waals surface area contributed by atoms with Gasteiger partial charge in [-0.2, -0.15) is 23.1 Å². The Balaban J connectivity index is 1.50. The lowest BCUT2D eigenvalue weighted by atomic mass is 9.97. The molecule has 1 saturated heterocycles. The van der Waals surface area contributed by atoms with E-state index in [1.165, 1.54) is 6.07 Å². The van der Waals surface area contributed by atoms with Gasteiger partial charge in [0.1, 0.15) is 23.2 Å². The number of aliphatic imine (C=N–C) groups is 1. The molecule has 42 heavy (non-hydrogen) atoms. The number of likely N-dealkylation sites (tertiary alicyclic amines) is 1. The number of rotatable bonds is 8. The Morgan fingerprint density at radius 2 is 1.86 bits per heavy atom. The smallest absolute Gasteiger partial charge is 0.435 e. The predicted octanol–water partition coefficient (Wildman–Crippen LogP) is 7.82. The van der Waals surface area contributed by atoms with Gasteiger partial charge in [0.25, 0.3) is 0 Å². The second-order valence-corrected chi connectivity index (χ2v) is 11.3. The molecule has 226 valence electrons. The zero-order valence-electron chi connectivity index (χ0n) is 24.6. The molecule has 0 spiro atoms. The number of aromatic nitrogens is 2. The molecule has 1 amide bonds. The lowest BCUT2D eigenvalue weighted by Gasteiger charge is -2.24.